The molecular weight excluding hydrogens is 252 g/mol. The van der Waals surface area contributed by atoms with E-state index in [0.717, 1.165) is 71.5 Å². The Morgan fingerprint density at radius 3 is 2.85 bits per heavy atom. The molecule has 2 heterocycles. The van der Waals surface area contributed by atoms with Gasteiger partial charge in [0.2, 0.25) is 5.91 Å². The zero-order valence-corrected chi connectivity index (χ0v) is 13.1. The van der Waals surface area contributed by atoms with Gasteiger partial charge >= 0.3 is 0 Å². The molecule has 20 heavy (non-hydrogen) atoms. The molecule has 0 bridgehead atoms. The first-order valence-electron chi connectivity index (χ1n) is 8.29. The van der Waals surface area contributed by atoms with E-state index < -0.39 is 0 Å². The van der Waals surface area contributed by atoms with E-state index >= 15 is 0 Å². The summed E-state index contributed by atoms with van der Waals surface area (Å²) in [6, 6.07) is 0. The molecule has 0 radical (unpaired) electrons. The van der Waals surface area contributed by atoms with Crippen LogP contribution in [0.25, 0.3) is 0 Å². The quantitative estimate of drug-likeness (QED) is 0.810. The molecule has 116 valence electrons. The van der Waals surface area contributed by atoms with Crippen molar-refractivity contribution in [2.24, 2.45) is 11.3 Å². The van der Waals surface area contributed by atoms with Gasteiger partial charge in [-0.1, -0.05) is 13.3 Å². The van der Waals surface area contributed by atoms with Crippen LogP contribution in [0.5, 0.6) is 0 Å². The van der Waals surface area contributed by atoms with E-state index in [1.165, 1.54) is 0 Å². The molecule has 2 fully saturated rings. The minimum absolute atomic E-state index is 0.150. The molecule has 1 amide bonds. The van der Waals surface area contributed by atoms with Gasteiger partial charge in [-0.15, -0.1) is 0 Å². The molecule has 2 aliphatic rings. The Balaban J connectivity index is 2.03. The van der Waals surface area contributed by atoms with Crippen LogP contribution in [0.15, 0.2) is 0 Å². The third-order valence-corrected chi connectivity index (χ3v) is 4.83. The van der Waals surface area contributed by atoms with E-state index in [9.17, 15) is 4.79 Å². The number of nitrogens with one attached hydrogen (secondary N) is 1. The second-order valence-electron chi connectivity index (χ2n) is 6.38. The molecule has 2 rings (SSSR count). The molecule has 1 N–H and O–H groups in total. The fourth-order valence-electron chi connectivity index (χ4n) is 3.68. The molecule has 0 saturated carbocycles. The lowest BCUT2D eigenvalue weighted by molar-refractivity contribution is -0.144. The number of ether oxygens (including phenoxy) is 1. The van der Waals surface area contributed by atoms with Crippen LogP contribution in [0.4, 0.5) is 0 Å². The van der Waals surface area contributed by atoms with Crippen molar-refractivity contribution < 1.29 is 9.53 Å². The van der Waals surface area contributed by atoms with Crippen molar-refractivity contribution in [3.05, 3.63) is 0 Å². The van der Waals surface area contributed by atoms with Gasteiger partial charge in [-0.3, -0.25) is 4.79 Å². The van der Waals surface area contributed by atoms with Crippen LogP contribution in [0.1, 0.15) is 46.0 Å². The Morgan fingerprint density at radius 2 is 2.30 bits per heavy atom. The monoisotopic (exact) mass is 282 g/mol. The summed E-state index contributed by atoms with van der Waals surface area (Å²) < 4.78 is 5.45. The molecular formula is C16H30N2O2. The van der Waals surface area contributed by atoms with E-state index in [1.807, 2.05) is 0 Å². The van der Waals surface area contributed by atoms with Gasteiger partial charge in [0.25, 0.3) is 0 Å². The molecule has 4 nitrogen and oxygen atoms in total. The molecule has 0 aromatic rings. The van der Waals surface area contributed by atoms with Crippen molar-refractivity contribution in [1.29, 1.82) is 0 Å². The van der Waals surface area contributed by atoms with Gasteiger partial charge in [0.15, 0.2) is 0 Å². The summed E-state index contributed by atoms with van der Waals surface area (Å²) in [5, 5.41) is 3.44. The fourth-order valence-corrected chi connectivity index (χ4v) is 3.68. The van der Waals surface area contributed by atoms with Crippen LogP contribution in [-0.4, -0.2) is 50.2 Å². The average Bonchev–Trinajstić information content (AvgIpc) is 2.98. The lowest BCUT2D eigenvalue weighted by Crippen LogP contribution is -2.52. The summed E-state index contributed by atoms with van der Waals surface area (Å²) >= 11 is 0. The fraction of sp³-hybridized carbons (Fsp3) is 0.938. The minimum atomic E-state index is -0.150. The summed E-state index contributed by atoms with van der Waals surface area (Å²) in [6.45, 7) is 9.58. The molecule has 2 saturated heterocycles. The molecule has 0 spiro atoms. The van der Waals surface area contributed by atoms with Gasteiger partial charge in [0, 0.05) is 32.2 Å². The van der Waals surface area contributed by atoms with E-state index in [1.54, 1.807) is 0 Å². The Morgan fingerprint density at radius 1 is 1.45 bits per heavy atom. The van der Waals surface area contributed by atoms with E-state index in [-0.39, 0.29) is 5.41 Å². The number of carbonyl (C=O) groups excluding carboxylic acids is 1. The first-order valence-corrected chi connectivity index (χ1v) is 8.29. The van der Waals surface area contributed by atoms with Gasteiger partial charge in [-0.05, 0) is 39.2 Å². The minimum Gasteiger partial charge on any atom is -0.381 e. The van der Waals surface area contributed by atoms with Crippen LogP contribution < -0.4 is 5.32 Å². The number of piperidine rings is 1. The highest BCUT2D eigenvalue weighted by Crippen LogP contribution is 2.34. The number of rotatable bonds is 6. The van der Waals surface area contributed by atoms with E-state index in [0.29, 0.717) is 11.8 Å². The molecule has 2 unspecified atom stereocenters. The Bertz CT molecular complexity index is 302. The van der Waals surface area contributed by atoms with Crippen LogP contribution in [0.2, 0.25) is 0 Å². The predicted molar refractivity (Wildman–Crippen MR) is 80.6 cm³/mol. The Hall–Kier alpha value is -0.610. The van der Waals surface area contributed by atoms with Gasteiger partial charge in [-0.25, -0.2) is 0 Å². The molecule has 0 aromatic carbocycles. The lowest BCUT2D eigenvalue weighted by Gasteiger charge is -2.40. The Kier molecular flexibility index (Phi) is 5.85. The van der Waals surface area contributed by atoms with Gasteiger partial charge < -0.3 is 15.0 Å². The maximum atomic E-state index is 13.1. The van der Waals surface area contributed by atoms with Crippen molar-refractivity contribution >= 4 is 5.91 Å². The van der Waals surface area contributed by atoms with Crippen molar-refractivity contribution in [2.45, 2.75) is 46.0 Å². The largest absolute Gasteiger partial charge is 0.381 e. The summed E-state index contributed by atoms with van der Waals surface area (Å²) in [6.07, 6.45) is 5.36. The average molecular weight is 282 g/mol. The van der Waals surface area contributed by atoms with Gasteiger partial charge in [0.1, 0.15) is 0 Å². The van der Waals surface area contributed by atoms with Crippen molar-refractivity contribution in [1.82, 2.24) is 10.2 Å². The number of carbonyl (C=O) groups is 1. The van der Waals surface area contributed by atoms with E-state index in [2.05, 4.69) is 24.1 Å². The number of amides is 1. The molecule has 2 atom stereocenters. The second kappa shape index (κ2) is 7.41. The van der Waals surface area contributed by atoms with Crippen LogP contribution in [0, 0.1) is 11.3 Å². The van der Waals surface area contributed by atoms with Crippen LogP contribution in [-0.2, 0) is 9.53 Å². The van der Waals surface area contributed by atoms with Crippen molar-refractivity contribution in [2.75, 3.05) is 39.4 Å². The standard InChI is InChI=1S/C16H30N2O2/c1-3-7-16(8-5-9-17-13-16)15(19)18(4-2)11-14-6-10-20-12-14/h14,17H,3-13H2,1-2H3. The zero-order chi connectivity index (χ0) is 14.4. The summed E-state index contributed by atoms with van der Waals surface area (Å²) in [7, 11) is 0. The van der Waals surface area contributed by atoms with Gasteiger partial charge in [-0.2, -0.15) is 0 Å². The highest BCUT2D eigenvalue weighted by Gasteiger charge is 2.41. The van der Waals surface area contributed by atoms with Crippen LogP contribution in [0.3, 0.4) is 0 Å². The van der Waals surface area contributed by atoms with E-state index in [4.69, 9.17) is 4.74 Å². The molecule has 2 aliphatic heterocycles. The Labute approximate surface area is 123 Å². The molecule has 0 aromatic heterocycles. The number of hydrogen-bond donors (Lipinski definition) is 1. The van der Waals surface area contributed by atoms with Crippen molar-refractivity contribution in [3.63, 3.8) is 0 Å². The topological polar surface area (TPSA) is 41.6 Å². The first-order chi connectivity index (χ1) is 9.72. The number of nitrogens with zero attached hydrogens (tertiary/aromatic N) is 1. The SMILES string of the molecule is CCCC1(C(=O)N(CC)CC2CCOC2)CCCNC1. The second-order valence-corrected chi connectivity index (χ2v) is 6.38. The van der Waals surface area contributed by atoms with Gasteiger partial charge in [0.05, 0.1) is 12.0 Å². The normalized spacial score (nSPS) is 30.4. The zero-order valence-electron chi connectivity index (χ0n) is 13.1. The maximum absolute atomic E-state index is 13.1. The maximum Gasteiger partial charge on any atom is 0.230 e. The lowest BCUT2D eigenvalue weighted by atomic mass is 9.75. The highest BCUT2D eigenvalue weighted by atomic mass is 16.5. The summed E-state index contributed by atoms with van der Waals surface area (Å²) in [5.41, 5.74) is -0.150. The first kappa shape index (κ1) is 15.8. The third-order valence-electron chi connectivity index (χ3n) is 4.83. The van der Waals surface area contributed by atoms with Crippen molar-refractivity contribution in [3.8, 4) is 0 Å². The summed E-state index contributed by atoms with van der Waals surface area (Å²) in [5.74, 6) is 0.912. The smallest absolute Gasteiger partial charge is 0.230 e. The highest BCUT2D eigenvalue weighted by molar-refractivity contribution is 5.83. The van der Waals surface area contributed by atoms with Crippen LogP contribution >= 0.6 is 0 Å². The molecule has 0 aliphatic carbocycles. The third kappa shape index (κ3) is 3.53. The summed E-state index contributed by atoms with van der Waals surface area (Å²) in [4.78, 5) is 15.2. The number of hydrogen-bond acceptors (Lipinski definition) is 3. The predicted octanol–water partition coefficient (Wildman–Crippen LogP) is 2.04. The molecule has 4 heteroatoms.